The van der Waals surface area contributed by atoms with Crippen molar-refractivity contribution in [1.29, 1.82) is 0 Å². The standard InChI is InChI=1S/C21H23N3O4S/c1-12(25)17-5-4-16(29-17)6-7-22-20(27)21(28)23-15-9-13-3-2-8-24-18(26)11-14(10-15)19(13)24/h4-5,9-10,12,25H,2-3,6-8,11H2,1H3,(H,22,27)(H,23,28)/t12-/m0/s1. The highest BCUT2D eigenvalue weighted by atomic mass is 32.1. The summed E-state index contributed by atoms with van der Waals surface area (Å²) in [4.78, 5) is 40.2. The number of anilines is 2. The van der Waals surface area contributed by atoms with Gasteiger partial charge in [-0.3, -0.25) is 14.4 Å². The second-order valence-electron chi connectivity index (χ2n) is 7.41. The van der Waals surface area contributed by atoms with Crippen LogP contribution in [0.3, 0.4) is 0 Å². The summed E-state index contributed by atoms with van der Waals surface area (Å²) in [6, 6.07) is 7.43. The van der Waals surface area contributed by atoms with Gasteiger partial charge in [-0.25, -0.2) is 0 Å². The van der Waals surface area contributed by atoms with Crippen molar-refractivity contribution in [3.8, 4) is 0 Å². The minimum absolute atomic E-state index is 0.0921. The highest BCUT2D eigenvalue weighted by Crippen LogP contribution is 2.38. The lowest BCUT2D eigenvalue weighted by molar-refractivity contribution is -0.136. The molecular weight excluding hydrogens is 390 g/mol. The Labute approximate surface area is 172 Å². The molecule has 1 aromatic heterocycles. The molecule has 0 saturated carbocycles. The molecule has 3 N–H and O–H groups in total. The molecule has 3 amide bonds. The smallest absolute Gasteiger partial charge is 0.313 e. The van der Waals surface area contributed by atoms with Crippen molar-refractivity contribution < 1.29 is 19.5 Å². The van der Waals surface area contributed by atoms with Gasteiger partial charge in [0.05, 0.1) is 18.2 Å². The molecule has 2 aliphatic rings. The van der Waals surface area contributed by atoms with Crippen molar-refractivity contribution in [1.82, 2.24) is 5.32 Å². The summed E-state index contributed by atoms with van der Waals surface area (Å²) < 4.78 is 0. The van der Waals surface area contributed by atoms with E-state index in [1.807, 2.05) is 23.1 Å². The third-order valence-electron chi connectivity index (χ3n) is 5.22. The molecule has 0 fully saturated rings. The first-order valence-corrected chi connectivity index (χ1v) is 10.6. The number of carbonyl (C=O) groups is 3. The van der Waals surface area contributed by atoms with Gasteiger partial charge >= 0.3 is 11.8 Å². The minimum atomic E-state index is -0.718. The molecule has 152 valence electrons. The van der Waals surface area contributed by atoms with E-state index in [4.69, 9.17) is 0 Å². The summed E-state index contributed by atoms with van der Waals surface area (Å²) in [5.74, 6) is -1.32. The predicted molar refractivity (Wildman–Crippen MR) is 111 cm³/mol. The van der Waals surface area contributed by atoms with Gasteiger partial charge in [-0.1, -0.05) is 0 Å². The number of aliphatic hydroxyl groups is 1. The number of rotatable bonds is 5. The van der Waals surface area contributed by atoms with Crippen molar-refractivity contribution in [3.05, 3.63) is 45.1 Å². The van der Waals surface area contributed by atoms with Gasteiger partial charge in [-0.2, -0.15) is 0 Å². The Kier molecular flexibility index (Phi) is 5.38. The van der Waals surface area contributed by atoms with Crippen molar-refractivity contribution >= 4 is 40.4 Å². The molecule has 8 heteroatoms. The average Bonchev–Trinajstić information content (AvgIpc) is 3.28. The van der Waals surface area contributed by atoms with Crippen molar-refractivity contribution in [2.24, 2.45) is 0 Å². The molecule has 29 heavy (non-hydrogen) atoms. The zero-order valence-electron chi connectivity index (χ0n) is 16.2. The first-order valence-electron chi connectivity index (χ1n) is 9.74. The first kappa shape index (κ1) is 19.6. The largest absolute Gasteiger partial charge is 0.388 e. The number of nitrogens with one attached hydrogen (secondary N) is 2. The van der Waals surface area contributed by atoms with Crippen molar-refractivity contribution in [2.75, 3.05) is 23.3 Å². The number of benzene rings is 1. The van der Waals surface area contributed by atoms with Crippen LogP contribution in [0.2, 0.25) is 0 Å². The Bertz CT molecular complexity index is 982. The van der Waals surface area contributed by atoms with Gasteiger partial charge in [0.1, 0.15) is 0 Å². The molecule has 2 aliphatic heterocycles. The van der Waals surface area contributed by atoms with Crippen LogP contribution in [-0.2, 0) is 33.6 Å². The molecular formula is C21H23N3O4S. The van der Waals surface area contributed by atoms with Gasteiger partial charge in [-0.05, 0) is 61.6 Å². The maximum atomic E-state index is 12.3. The number of aliphatic hydroxyl groups excluding tert-OH is 1. The monoisotopic (exact) mass is 413 g/mol. The second kappa shape index (κ2) is 7.96. The number of aryl methyl sites for hydroxylation is 1. The summed E-state index contributed by atoms with van der Waals surface area (Å²) >= 11 is 1.49. The molecule has 0 unspecified atom stereocenters. The lowest BCUT2D eigenvalue weighted by Gasteiger charge is -2.26. The van der Waals surface area contributed by atoms with Crippen molar-refractivity contribution in [3.63, 3.8) is 0 Å². The lowest BCUT2D eigenvalue weighted by atomic mass is 9.99. The van der Waals surface area contributed by atoms with Gasteiger partial charge in [0.2, 0.25) is 5.91 Å². The second-order valence-corrected chi connectivity index (χ2v) is 8.61. The predicted octanol–water partition coefficient (Wildman–Crippen LogP) is 1.93. The van der Waals surface area contributed by atoms with Crippen LogP contribution in [0.1, 0.15) is 40.3 Å². The zero-order valence-corrected chi connectivity index (χ0v) is 17.0. The van der Waals surface area contributed by atoms with Gasteiger partial charge in [0.25, 0.3) is 0 Å². The van der Waals surface area contributed by atoms with E-state index in [9.17, 15) is 19.5 Å². The molecule has 0 saturated heterocycles. The van der Waals surface area contributed by atoms with Gasteiger partial charge in [0, 0.05) is 28.5 Å². The Hall–Kier alpha value is -2.71. The molecule has 7 nitrogen and oxygen atoms in total. The fourth-order valence-electron chi connectivity index (χ4n) is 3.87. The molecule has 0 radical (unpaired) electrons. The molecule has 1 aromatic carbocycles. The lowest BCUT2D eigenvalue weighted by Crippen LogP contribution is -2.36. The third-order valence-corrected chi connectivity index (χ3v) is 6.54. The molecule has 0 bridgehead atoms. The molecule has 1 atom stereocenters. The summed E-state index contributed by atoms with van der Waals surface area (Å²) in [6.07, 6.45) is 2.19. The molecule has 2 aromatic rings. The average molecular weight is 413 g/mol. The van der Waals surface area contributed by atoms with E-state index in [2.05, 4.69) is 10.6 Å². The number of carbonyl (C=O) groups excluding carboxylic acids is 3. The summed E-state index contributed by atoms with van der Waals surface area (Å²) in [5.41, 5.74) is 3.49. The van der Waals surface area contributed by atoms with E-state index >= 15 is 0 Å². The van der Waals surface area contributed by atoms with E-state index in [0.717, 1.165) is 46.0 Å². The van der Waals surface area contributed by atoms with Crippen LogP contribution in [0.5, 0.6) is 0 Å². The fraction of sp³-hybridized carbons (Fsp3) is 0.381. The van der Waals surface area contributed by atoms with Crippen LogP contribution in [0, 0.1) is 0 Å². The SMILES string of the molecule is C[C@H](O)c1ccc(CCNC(=O)C(=O)Nc2cc3c4c(c2)CC(=O)N4CCC3)s1. The number of hydrogen-bond donors (Lipinski definition) is 3. The Balaban J connectivity index is 1.34. The highest BCUT2D eigenvalue weighted by molar-refractivity contribution is 7.12. The van der Waals surface area contributed by atoms with E-state index in [-0.39, 0.29) is 5.91 Å². The van der Waals surface area contributed by atoms with Crippen LogP contribution < -0.4 is 15.5 Å². The number of hydrogen-bond acceptors (Lipinski definition) is 5. The summed E-state index contributed by atoms with van der Waals surface area (Å²) in [6.45, 7) is 2.79. The van der Waals surface area contributed by atoms with Gasteiger partial charge in [0.15, 0.2) is 0 Å². The van der Waals surface area contributed by atoms with Crippen LogP contribution >= 0.6 is 11.3 Å². The topological polar surface area (TPSA) is 98.7 Å². The molecule has 4 rings (SSSR count). The van der Waals surface area contributed by atoms with Gasteiger partial charge < -0.3 is 20.6 Å². The van der Waals surface area contributed by atoms with Crippen molar-refractivity contribution in [2.45, 2.75) is 38.7 Å². The van der Waals surface area contributed by atoms with E-state index < -0.39 is 17.9 Å². The number of thiophene rings is 1. The zero-order chi connectivity index (χ0) is 20.5. The van der Waals surface area contributed by atoms with Gasteiger partial charge in [-0.15, -0.1) is 11.3 Å². The van der Waals surface area contributed by atoms with E-state index in [1.165, 1.54) is 11.3 Å². The van der Waals surface area contributed by atoms with Crippen LogP contribution in [-0.4, -0.2) is 35.9 Å². The maximum Gasteiger partial charge on any atom is 0.313 e. The molecule has 0 aliphatic carbocycles. The molecule has 3 heterocycles. The number of amides is 3. The van der Waals surface area contributed by atoms with Crippen LogP contribution in [0.25, 0.3) is 0 Å². The quantitative estimate of drug-likeness (QED) is 0.653. The van der Waals surface area contributed by atoms with Crippen LogP contribution in [0.4, 0.5) is 11.4 Å². The van der Waals surface area contributed by atoms with Crippen LogP contribution in [0.15, 0.2) is 24.3 Å². The fourth-order valence-corrected chi connectivity index (χ4v) is 4.82. The normalized spacial score (nSPS) is 15.8. The third kappa shape index (κ3) is 4.04. The highest BCUT2D eigenvalue weighted by Gasteiger charge is 2.32. The minimum Gasteiger partial charge on any atom is -0.388 e. The summed E-state index contributed by atoms with van der Waals surface area (Å²) in [7, 11) is 0. The van der Waals surface area contributed by atoms with E-state index in [0.29, 0.717) is 25.1 Å². The maximum absolute atomic E-state index is 12.3. The Morgan fingerprint density at radius 2 is 2.03 bits per heavy atom. The van der Waals surface area contributed by atoms with E-state index in [1.54, 1.807) is 13.0 Å². The Morgan fingerprint density at radius 1 is 1.24 bits per heavy atom. The molecule has 0 spiro atoms. The number of nitrogens with zero attached hydrogens (tertiary/aromatic N) is 1. The Morgan fingerprint density at radius 3 is 2.79 bits per heavy atom. The summed E-state index contributed by atoms with van der Waals surface area (Å²) in [5, 5.41) is 14.8. The first-order chi connectivity index (χ1) is 13.9.